The average molecular weight is 393 g/mol. The number of likely N-dealkylation sites (tertiary alicyclic amines) is 1. The molecule has 0 unspecified atom stereocenters. The lowest BCUT2D eigenvalue weighted by Crippen LogP contribution is -2.43. The molecule has 3 aromatic rings. The summed E-state index contributed by atoms with van der Waals surface area (Å²) in [7, 11) is 0. The van der Waals surface area contributed by atoms with Crippen LogP contribution in [0.1, 0.15) is 41.6 Å². The predicted molar refractivity (Wildman–Crippen MR) is 107 cm³/mol. The Morgan fingerprint density at radius 1 is 1.03 bits per heavy atom. The van der Waals surface area contributed by atoms with Crippen molar-refractivity contribution >= 4 is 28.5 Å². The molecule has 0 aliphatic carbocycles. The van der Waals surface area contributed by atoms with Crippen molar-refractivity contribution in [2.45, 2.75) is 39.5 Å². The number of aryl methyl sites for hydroxylation is 3. The summed E-state index contributed by atoms with van der Waals surface area (Å²) in [6.07, 6.45) is 1.50. The van der Waals surface area contributed by atoms with Gasteiger partial charge in [0.2, 0.25) is 0 Å². The molecule has 0 saturated carbocycles. The number of hydrogen-bond donors (Lipinski definition) is 1. The zero-order valence-electron chi connectivity index (χ0n) is 16.7. The molecule has 3 heterocycles. The van der Waals surface area contributed by atoms with Crippen LogP contribution >= 0.6 is 0 Å². The van der Waals surface area contributed by atoms with Crippen molar-refractivity contribution in [3.05, 3.63) is 47.1 Å². The van der Waals surface area contributed by atoms with E-state index in [1.54, 1.807) is 23.1 Å². The van der Waals surface area contributed by atoms with Crippen molar-refractivity contribution < 1.29 is 14.1 Å². The highest BCUT2D eigenvalue weighted by Gasteiger charge is 2.29. The van der Waals surface area contributed by atoms with Gasteiger partial charge in [0, 0.05) is 30.8 Å². The quantitative estimate of drug-likeness (QED) is 0.672. The molecule has 0 spiro atoms. The standard InChI is InChI=1S/C21H23N5O3/c1-12-10-19(29-25-12)15-6-8-26(9-7-15)21(28)20(27)24-16-4-5-17-18(11-16)23-14(3)13(2)22-17/h4-5,10-11,15H,6-9H2,1-3H3,(H,24,27). The van der Waals surface area contributed by atoms with Crippen LogP contribution < -0.4 is 5.32 Å². The van der Waals surface area contributed by atoms with E-state index in [2.05, 4.69) is 20.4 Å². The Morgan fingerprint density at radius 3 is 2.38 bits per heavy atom. The topological polar surface area (TPSA) is 101 Å². The first-order chi connectivity index (χ1) is 13.9. The second-order valence-corrected chi connectivity index (χ2v) is 7.49. The Bertz CT molecular complexity index is 1080. The number of nitrogens with zero attached hydrogens (tertiary/aromatic N) is 4. The number of anilines is 1. The third kappa shape index (κ3) is 3.96. The van der Waals surface area contributed by atoms with E-state index in [0.717, 1.165) is 41.2 Å². The molecule has 29 heavy (non-hydrogen) atoms. The predicted octanol–water partition coefficient (Wildman–Crippen LogP) is 2.89. The van der Waals surface area contributed by atoms with Crippen molar-refractivity contribution in [3.63, 3.8) is 0 Å². The van der Waals surface area contributed by atoms with E-state index in [9.17, 15) is 9.59 Å². The number of amides is 2. The van der Waals surface area contributed by atoms with Gasteiger partial charge in [0.05, 0.1) is 28.1 Å². The molecule has 0 radical (unpaired) electrons. The van der Waals surface area contributed by atoms with Gasteiger partial charge in [-0.25, -0.2) is 9.97 Å². The van der Waals surface area contributed by atoms with Crippen molar-refractivity contribution in [1.29, 1.82) is 0 Å². The van der Waals surface area contributed by atoms with Crippen LogP contribution in [-0.4, -0.2) is 44.9 Å². The number of fused-ring (bicyclic) bond motifs is 1. The fourth-order valence-electron chi connectivity index (χ4n) is 3.58. The van der Waals surface area contributed by atoms with Crippen LogP contribution in [0.3, 0.4) is 0 Å². The first-order valence-corrected chi connectivity index (χ1v) is 9.69. The molecule has 8 nitrogen and oxygen atoms in total. The fourth-order valence-corrected chi connectivity index (χ4v) is 3.58. The monoisotopic (exact) mass is 393 g/mol. The zero-order valence-corrected chi connectivity index (χ0v) is 16.7. The van der Waals surface area contributed by atoms with E-state index in [1.165, 1.54) is 0 Å². The lowest BCUT2D eigenvalue weighted by atomic mass is 9.94. The summed E-state index contributed by atoms with van der Waals surface area (Å²) in [5.74, 6) is -0.0884. The van der Waals surface area contributed by atoms with Gasteiger partial charge >= 0.3 is 11.8 Å². The number of carbonyl (C=O) groups excluding carboxylic acids is 2. The molecular formula is C21H23N5O3. The SMILES string of the molecule is Cc1cc(C2CCN(C(=O)C(=O)Nc3ccc4nc(C)c(C)nc4c3)CC2)on1. The van der Waals surface area contributed by atoms with Gasteiger partial charge in [0.25, 0.3) is 0 Å². The second kappa shape index (κ2) is 7.62. The highest BCUT2D eigenvalue weighted by molar-refractivity contribution is 6.39. The number of rotatable bonds is 2. The van der Waals surface area contributed by atoms with Gasteiger partial charge in [-0.15, -0.1) is 0 Å². The van der Waals surface area contributed by atoms with Gasteiger partial charge in [-0.3, -0.25) is 9.59 Å². The Balaban J connectivity index is 1.39. The van der Waals surface area contributed by atoms with E-state index in [0.29, 0.717) is 24.3 Å². The minimum absolute atomic E-state index is 0.231. The van der Waals surface area contributed by atoms with Crippen LogP contribution in [0.4, 0.5) is 5.69 Å². The van der Waals surface area contributed by atoms with Gasteiger partial charge in [0.1, 0.15) is 5.76 Å². The van der Waals surface area contributed by atoms with Crippen LogP contribution in [0.15, 0.2) is 28.8 Å². The second-order valence-electron chi connectivity index (χ2n) is 7.49. The molecular weight excluding hydrogens is 370 g/mol. The highest BCUT2D eigenvalue weighted by Crippen LogP contribution is 2.28. The van der Waals surface area contributed by atoms with Gasteiger partial charge in [-0.05, 0) is 51.8 Å². The van der Waals surface area contributed by atoms with Crippen molar-refractivity contribution in [2.75, 3.05) is 18.4 Å². The van der Waals surface area contributed by atoms with Gasteiger partial charge in [0.15, 0.2) is 0 Å². The van der Waals surface area contributed by atoms with Crippen LogP contribution in [0.5, 0.6) is 0 Å². The number of piperidine rings is 1. The molecule has 1 saturated heterocycles. The summed E-state index contributed by atoms with van der Waals surface area (Å²) < 4.78 is 5.33. The van der Waals surface area contributed by atoms with Gasteiger partial charge in [-0.1, -0.05) is 5.16 Å². The maximum absolute atomic E-state index is 12.6. The molecule has 2 amide bonds. The summed E-state index contributed by atoms with van der Waals surface area (Å²) in [5, 5.41) is 6.61. The Hall–Kier alpha value is -3.29. The average Bonchev–Trinajstić information content (AvgIpc) is 3.15. The van der Waals surface area contributed by atoms with Crippen LogP contribution in [0, 0.1) is 20.8 Å². The molecule has 2 aromatic heterocycles. The summed E-state index contributed by atoms with van der Waals surface area (Å²) >= 11 is 0. The summed E-state index contributed by atoms with van der Waals surface area (Å²) in [6.45, 7) is 6.71. The molecule has 1 aliphatic heterocycles. The first kappa shape index (κ1) is 19.0. The van der Waals surface area contributed by atoms with E-state index in [4.69, 9.17) is 4.52 Å². The molecule has 150 valence electrons. The van der Waals surface area contributed by atoms with E-state index in [-0.39, 0.29) is 5.92 Å². The lowest BCUT2D eigenvalue weighted by Gasteiger charge is -2.30. The molecule has 1 fully saturated rings. The minimum Gasteiger partial charge on any atom is -0.361 e. The van der Waals surface area contributed by atoms with Crippen molar-refractivity contribution in [1.82, 2.24) is 20.0 Å². The van der Waals surface area contributed by atoms with Gasteiger partial charge < -0.3 is 14.7 Å². The number of carbonyl (C=O) groups is 2. The van der Waals surface area contributed by atoms with E-state index < -0.39 is 11.8 Å². The lowest BCUT2D eigenvalue weighted by molar-refractivity contribution is -0.143. The Morgan fingerprint density at radius 2 is 1.72 bits per heavy atom. The third-order valence-corrected chi connectivity index (χ3v) is 5.36. The maximum Gasteiger partial charge on any atom is 0.313 e. The first-order valence-electron chi connectivity index (χ1n) is 9.69. The van der Waals surface area contributed by atoms with Crippen molar-refractivity contribution in [2.24, 2.45) is 0 Å². The smallest absolute Gasteiger partial charge is 0.313 e. The molecule has 4 rings (SSSR count). The number of benzene rings is 1. The fraction of sp³-hybridized carbons (Fsp3) is 0.381. The molecule has 1 N–H and O–H groups in total. The van der Waals surface area contributed by atoms with Crippen LogP contribution in [0.25, 0.3) is 11.0 Å². The van der Waals surface area contributed by atoms with Crippen LogP contribution in [0.2, 0.25) is 0 Å². The van der Waals surface area contributed by atoms with E-state index >= 15 is 0 Å². The highest BCUT2D eigenvalue weighted by atomic mass is 16.5. The van der Waals surface area contributed by atoms with Gasteiger partial charge in [-0.2, -0.15) is 0 Å². The zero-order chi connectivity index (χ0) is 20.5. The number of hydrogen-bond acceptors (Lipinski definition) is 6. The number of nitrogens with one attached hydrogen (secondary N) is 1. The largest absolute Gasteiger partial charge is 0.361 e. The minimum atomic E-state index is -0.643. The van der Waals surface area contributed by atoms with E-state index in [1.807, 2.05) is 26.8 Å². The van der Waals surface area contributed by atoms with Crippen LogP contribution in [-0.2, 0) is 9.59 Å². The normalized spacial score (nSPS) is 14.9. The summed E-state index contributed by atoms with van der Waals surface area (Å²) in [4.78, 5) is 35.6. The maximum atomic E-state index is 12.6. The number of aromatic nitrogens is 3. The Kier molecular flexibility index (Phi) is 5.00. The Labute approximate surface area is 168 Å². The molecule has 0 atom stereocenters. The molecule has 0 bridgehead atoms. The molecule has 1 aliphatic rings. The summed E-state index contributed by atoms with van der Waals surface area (Å²) in [6, 6.07) is 7.19. The van der Waals surface area contributed by atoms with Crippen molar-refractivity contribution in [3.8, 4) is 0 Å². The third-order valence-electron chi connectivity index (χ3n) is 5.36. The summed E-state index contributed by atoms with van der Waals surface area (Å²) in [5.41, 5.74) is 4.52. The molecule has 8 heteroatoms. The molecule has 1 aromatic carbocycles.